The van der Waals surface area contributed by atoms with Gasteiger partial charge in [0, 0.05) is 24.3 Å². The first-order valence-electron chi connectivity index (χ1n) is 6.67. The number of morpholine rings is 1. The van der Waals surface area contributed by atoms with Crippen molar-refractivity contribution < 1.29 is 9.53 Å². The van der Waals surface area contributed by atoms with E-state index in [0.29, 0.717) is 30.4 Å². The van der Waals surface area contributed by atoms with E-state index in [0.717, 1.165) is 18.5 Å². The molecule has 0 aliphatic carbocycles. The molecule has 4 nitrogen and oxygen atoms in total. The number of nitrogens with zero attached hydrogens (tertiary/aromatic N) is 2. The zero-order valence-corrected chi connectivity index (χ0v) is 12.1. The molecule has 2 heterocycles. The molecule has 1 fully saturated rings. The van der Waals surface area contributed by atoms with Crippen molar-refractivity contribution in [2.75, 3.05) is 19.7 Å². The van der Waals surface area contributed by atoms with Crippen molar-refractivity contribution in [2.24, 2.45) is 0 Å². The topological polar surface area (TPSA) is 42.4 Å². The van der Waals surface area contributed by atoms with Crippen LogP contribution in [0.2, 0.25) is 5.15 Å². The van der Waals surface area contributed by atoms with Gasteiger partial charge in [-0.15, -0.1) is 0 Å². The van der Waals surface area contributed by atoms with Crippen LogP contribution in [0.15, 0.2) is 12.1 Å². The Morgan fingerprint density at radius 1 is 1.58 bits per heavy atom. The summed E-state index contributed by atoms with van der Waals surface area (Å²) in [5.41, 5.74) is 1.50. The number of carbonyl (C=O) groups excluding carboxylic acids is 1. The van der Waals surface area contributed by atoms with Crippen molar-refractivity contribution in [1.29, 1.82) is 0 Å². The maximum atomic E-state index is 12.4. The van der Waals surface area contributed by atoms with Crippen LogP contribution in [0.4, 0.5) is 0 Å². The third-order valence-corrected chi connectivity index (χ3v) is 3.32. The van der Waals surface area contributed by atoms with Gasteiger partial charge in [-0.05, 0) is 25.5 Å². The Balaban J connectivity index is 2.18. The quantitative estimate of drug-likeness (QED) is 0.800. The highest BCUT2D eigenvalue weighted by atomic mass is 35.5. The molecule has 1 aromatic heterocycles. The van der Waals surface area contributed by atoms with Gasteiger partial charge in [0.15, 0.2) is 0 Å². The average molecular weight is 283 g/mol. The molecule has 104 valence electrons. The van der Waals surface area contributed by atoms with Crippen LogP contribution in [0.25, 0.3) is 0 Å². The third-order valence-electron chi connectivity index (χ3n) is 3.13. The molecule has 1 aromatic rings. The molecule has 1 unspecified atom stereocenters. The Kier molecular flexibility index (Phi) is 4.77. The predicted molar refractivity (Wildman–Crippen MR) is 74.6 cm³/mol. The first-order valence-corrected chi connectivity index (χ1v) is 7.05. The minimum Gasteiger partial charge on any atom is -0.375 e. The lowest BCUT2D eigenvalue weighted by Gasteiger charge is -2.31. The number of ether oxygens (including phenoxy) is 1. The highest BCUT2D eigenvalue weighted by Crippen LogP contribution is 2.16. The summed E-state index contributed by atoms with van der Waals surface area (Å²) >= 11 is 5.99. The second-order valence-electron chi connectivity index (χ2n) is 4.85. The summed E-state index contributed by atoms with van der Waals surface area (Å²) in [6.45, 7) is 5.90. The molecule has 0 spiro atoms. The zero-order valence-electron chi connectivity index (χ0n) is 11.4. The largest absolute Gasteiger partial charge is 0.375 e. The molecular formula is C14H19ClN2O2. The number of halogens is 1. The molecular weight excluding hydrogens is 264 g/mol. The maximum Gasteiger partial charge on any atom is 0.254 e. The lowest BCUT2D eigenvalue weighted by atomic mass is 10.1. The van der Waals surface area contributed by atoms with E-state index in [1.165, 1.54) is 0 Å². The van der Waals surface area contributed by atoms with Gasteiger partial charge in [0.25, 0.3) is 5.91 Å². The van der Waals surface area contributed by atoms with E-state index in [2.05, 4.69) is 11.9 Å². The molecule has 1 saturated heterocycles. The SMILES string of the molecule is CCCc1cc(C(=O)N2CCOC(C)C2)cc(Cl)n1. The van der Waals surface area contributed by atoms with Crippen molar-refractivity contribution in [3.8, 4) is 0 Å². The van der Waals surface area contributed by atoms with Crippen LogP contribution in [0, 0.1) is 0 Å². The van der Waals surface area contributed by atoms with E-state index in [-0.39, 0.29) is 12.0 Å². The average Bonchev–Trinajstić information content (AvgIpc) is 2.37. The molecule has 19 heavy (non-hydrogen) atoms. The molecule has 0 radical (unpaired) electrons. The van der Waals surface area contributed by atoms with Gasteiger partial charge >= 0.3 is 0 Å². The molecule has 0 saturated carbocycles. The summed E-state index contributed by atoms with van der Waals surface area (Å²) in [6.07, 6.45) is 1.90. The number of aryl methyl sites for hydroxylation is 1. The lowest BCUT2D eigenvalue weighted by Crippen LogP contribution is -2.44. The van der Waals surface area contributed by atoms with Gasteiger partial charge in [0.2, 0.25) is 0 Å². The first kappa shape index (κ1) is 14.3. The van der Waals surface area contributed by atoms with Crippen molar-refractivity contribution in [3.63, 3.8) is 0 Å². The molecule has 1 atom stereocenters. The molecule has 1 aliphatic rings. The molecule has 2 rings (SSSR count). The minimum absolute atomic E-state index is 0.0109. The maximum absolute atomic E-state index is 12.4. The van der Waals surface area contributed by atoms with Gasteiger partial charge in [-0.2, -0.15) is 0 Å². The highest BCUT2D eigenvalue weighted by Gasteiger charge is 2.23. The van der Waals surface area contributed by atoms with Gasteiger partial charge < -0.3 is 9.64 Å². The first-order chi connectivity index (χ1) is 9.10. The summed E-state index contributed by atoms with van der Waals surface area (Å²) < 4.78 is 5.45. The molecule has 1 aliphatic heterocycles. The van der Waals surface area contributed by atoms with Crippen molar-refractivity contribution in [1.82, 2.24) is 9.88 Å². The number of carbonyl (C=O) groups is 1. The van der Waals surface area contributed by atoms with E-state index < -0.39 is 0 Å². The number of aromatic nitrogens is 1. The molecule has 0 bridgehead atoms. The van der Waals surface area contributed by atoms with E-state index in [1.807, 2.05) is 17.9 Å². The molecule has 0 aromatic carbocycles. The second kappa shape index (κ2) is 6.35. The Morgan fingerprint density at radius 3 is 3.05 bits per heavy atom. The minimum atomic E-state index is 0.0109. The van der Waals surface area contributed by atoms with E-state index in [1.54, 1.807) is 6.07 Å². The fourth-order valence-electron chi connectivity index (χ4n) is 2.24. The molecule has 1 amide bonds. The second-order valence-corrected chi connectivity index (χ2v) is 5.24. The summed E-state index contributed by atoms with van der Waals surface area (Å²) in [6, 6.07) is 3.49. The molecule has 5 heteroatoms. The van der Waals surface area contributed by atoms with Crippen LogP contribution in [0.3, 0.4) is 0 Å². The van der Waals surface area contributed by atoms with Crippen LogP contribution in [0.1, 0.15) is 36.3 Å². The summed E-state index contributed by atoms with van der Waals surface area (Å²) in [5, 5.41) is 0.385. The summed E-state index contributed by atoms with van der Waals surface area (Å²) in [4.78, 5) is 18.5. The summed E-state index contributed by atoms with van der Waals surface area (Å²) in [7, 11) is 0. The third kappa shape index (κ3) is 3.67. The monoisotopic (exact) mass is 282 g/mol. The summed E-state index contributed by atoms with van der Waals surface area (Å²) in [5.74, 6) is 0.0109. The van der Waals surface area contributed by atoms with Crippen molar-refractivity contribution in [3.05, 3.63) is 28.5 Å². The standard InChI is InChI=1S/C14H19ClN2O2/c1-3-4-12-7-11(8-13(15)16-12)14(18)17-5-6-19-10(2)9-17/h7-8,10H,3-6,9H2,1-2H3. The smallest absolute Gasteiger partial charge is 0.254 e. The van der Waals surface area contributed by atoms with Crippen molar-refractivity contribution in [2.45, 2.75) is 32.8 Å². The van der Waals surface area contributed by atoms with Crippen LogP contribution in [-0.2, 0) is 11.2 Å². The fraction of sp³-hybridized carbons (Fsp3) is 0.571. The van der Waals surface area contributed by atoms with Gasteiger partial charge in [0.05, 0.1) is 12.7 Å². The Labute approximate surface area is 118 Å². The Bertz CT molecular complexity index is 465. The predicted octanol–water partition coefficient (Wildman–Crippen LogP) is 2.55. The zero-order chi connectivity index (χ0) is 13.8. The normalized spacial score (nSPS) is 19.5. The fourth-order valence-corrected chi connectivity index (χ4v) is 2.47. The van der Waals surface area contributed by atoms with E-state index >= 15 is 0 Å². The van der Waals surface area contributed by atoms with Crippen LogP contribution >= 0.6 is 11.6 Å². The van der Waals surface area contributed by atoms with Gasteiger partial charge in [-0.3, -0.25) is 4.79 Å². The lowest BCUT2D eigenvalue weighted by molar-refractivity contribution is -0.0124. The van der Waals surface area contributed by atoms with Crippen LogP contribution in [0.5, 0.6) is 0 Å². The van der Waals surface area contributed by atoms with Crippen molar-refractivity contribution >= 4 is 17.5 Å². The highest BCUT2D eigenvalue weighted by molar-refractivity contribution is 6.29. The number of hydrogen-bond acceptors (Lipinski definition) is 3. The Hall–Kier alpha value is -1.13. The van der Waals surface area contributed by atoms with E-state index in [9.17, 15) is 4.79 Å². The Morgan fingerprint density at radius 2 is 2.37 bits per heavy atom. The molecule has 0 N–H and O–H groups in total. The van der Waals surface area contributed by atoms with Gasteiger partial charge in [0.1, 0.15) is 5.15 Å². The van der Waals surface area contributed by atoms with Gasteiger partial charge in [-0.25, -0.2) is 4.98 Å². The van der Waals surface area contributed by atoms with E-state index in [4.69, 9.17) is 16.3 Å². The van der Waals surface area contributed by atoms with Crippen LogP contribution in [-0.4, -0.2) is 41.6 Å². The number of hydrogen-bond donors (Lipinski definition) is 0. The van der Waals surface area contributed by atoms with Gasteiger partial charge in [-0.1, -0.05) is 24.9 Å². The number of rotatable bonds is 3. The number of amides is 1. The number of pyridine rings is 1. The van der Waals surface area contributed by atoms with Crippen LogP contribution < -0.4 is 0 Å².